The first-order valence-electron chi connectivity index (χ1n) is 7.30. The summed E-state index contributed by atoms with van der Waals surface area (Å²) in [6, 6.07) is 0. The summed E-state index contributed by atoms with van der Waals surface area (Å²) in [7, 11) is -2.79. The van der Waals surface area contributed by atoms with Crippen molar-refractivity contribution >= 4 is 9.84 Å². The summed E-state index contributed by atoms with van der Waals surface area (Å²) >= 11 is 0. The van der Waals surface area contributed by atoms with Crippen LogP contribution in [-0.2, 0) is 14.6 Å². The predicted octanol–water partition coefficient (Wildman–Crippen LogP) is -0.0645. The molecule has 19 heavy (non-hydrogen) atoms. The molecule has 0 aromatic heterocycles. The molecule has 3 saturated heterocycles. The van der Waals surface area contributed by atoms with E-state index in [1.807, 2.05) is 0 Å². The summed E-state index contributed by atoms with van der Waals surface area (Å²) in [4.78, 5) is 0. The fourth-order valence-electron chi connectivity index (χ4n) is 3.80. The summed E-state index contributed by atoms with van der Waals surface area (Å²) < 4.78 is 30.0. The van der Waals surface area contributed by atoms with Gasteiger partial charge in [-0.05, 0) is 6.42 Å². The predicted molar refractivity (Wildman–Crippen MR) is 71.5 cm³/mol. The summed E-state index contributed by atoms with van der Waals surface area (Å²) in [5.41, 5.74) is -0.127. The smallest absolute Gasteiger partial charge is 0.161 e. The number of nitrogens with zero attached hydrogens (tertiary/aromatic N) is 1. The van der Waals surface area contributed by atoms with Gasteiger partial charge in [0.15, 0.2) is 9.84 Å². The van der Waals surface area contributed by atoms with Crippen LogP contribution in [0.4, 0.5) is 0 Å². The van der Waals surface area contributed by atoms with Gasteiger partial charge in [-0.2, -0.15) is 0 Å². The number of aliphatic hydroxyl groups excluding tert-OH is 1. The molecule has 110 valence electrons. The van der Waals surface area contributed by atoms with E-state index in [9.17, 15) is 13.5 Å². The van der Waals surface area contributed by atoms with Crippen LogP contribution in [0.25, 0.3) is 0 Å². The molecule has 3 rings (SSSR count). The molecule has 1 unspecified atom stereocenters. The first-order valence-corrected chi connectivity index (χ1v) is 9.13. The molecule has 3 aliphatic rings. The molecule has 1 atom stereocenters. The van der Waals surface area contributed by atoms with Gasteiger partial charge in [-0.1, -0.05) is 0 Å². The van der Waals surface area contributed by atoms with Crippen LogP contribution in [0.3, 0.4) is 0 Å². The van der Waals surface area contributed by atoms with Gasteiger partial charge in [-0.15, -0.1) is 0 Å². The molecule has 2 spiro atoms. The van der Waals surface area contributed by atoms with Crippen LogP contribution in [0.1, 0.15) is 25.7 Å². The molecule has 5 nitrogen and oxygen atoms in total. The van der Waals surface area contributed by atoms with Crippen LogP contribution in [0, 0.1) is 0 Å². The zero-order valence-corrected chi connectivity index (χ0v) is 12.2. The lowest BCUT2D eigenvalue weighted by atomic mass is 9.82. The third-order valence-electron chi connectivity index (χ3n) is 5.30. The summed E-state index contributed by atoms with van der Waals surface area (Å²) in [5, 5.41) is 9.83. The van der Waals surface area contributed by atoms with Crippen LogP contribution in [0.2, 0.25) is 0 Å². The lowest BCUT2D eigenvalue weighted by molar-refractivity contribution is -0.931. The maximum atomic E-state index is 11.5. The largest absolute Gasteiger partial charge is 0.393 e. The van der Waals surface area contributed by atoms with Gasteiger partial charge in [0, 0.05) is 25.9 Å². The minimum absolute atomic E-state index is 0.127. The Morgan fingerprint density at radius 3 is 2.32 bits per heavy atom. The number of rotatable bonds is 0. The number of hydrogen-bond acceptors (Lipinski definition) is 4. The van der Waals surface area contributed by atoms with Crippen molar-refractivity contribution in [3.63, 3.8) is 0 Å². The summed E-state index contributed by atoms with van der Waals surface area (Å²) in [6.45, 7) is 4.20. The molecule has 0 saturated carbocycles. The summed E-state index contributed by atoms with van der Waals surface area (Å²) in [5.74, 6) is 0.674. The standard InChI is InChI=1S/C13H24NO4S/c15-12-1-8-18-13(11-12)2-4-14(5-3-13)6-9-19(16,17)10-7-14/h12,15H,1-11H2/q+1. The quantitative estimate of drug-likeness (QED) is 0.635. The van der Waals surface area contributed by atoms with E-state index >= 15 is 0 Å². The molecule has 3 fully saturated rings. The highest BCUT2D eigenvalue weighted by atomic mass is 32.2. The van der Waals surface area contributed by atoms with Crippen LogP contribution in [0.15, 0.2) is 0 Å². The Bertz CT molecular complexity index is 424. The average Bonchev–Trinajstić information content (AvgIpc) is 2.37. The second kappa shape index (κ2) is 4.69. The topological polar surface area (TPSA) is 63.6 Å². The van der Waals surface area contributed by atoms with E-state index in [2.05, 4.69) is 0 Å². The number of hydrogen-bond donors (Lipinski definition) is 1. The maximum Gasteiger partial charge on any atom is 0.161 e. The minimum Gasteiger partial charge on any atom is -0.393 e. The second-order valence-corrected chi connectivity index (χ2v) is 8.87. The Labute approximate surface area is 115 Å². The Kier molecular flexibility index (Phi) is 3.40. The van der Waals surface area contributed by atoms with Crippen molar-refractivity contribution in [2.45, 2.75) is 37.4 Å². The Morgan fingerprint density at radius 1 is 1.11 bits per heavy atom. The Hall–Kier alpha value is -0.170. The maximum absolute atomic E-state index is 11.5. The van der Waals surface area contributed by atoms with Gasteiger partial charge >= 0.3 is 0 Å². The van der Waals surface area contributed by atoms with E-state index in [1.165, 1.54) is 0 Å². The van der Waals surface area contributed by atoms with Crippen LogP contribution >= 0.6 is 0 Å². The first-order chi connectivity index (χ1) is 8.93. The highest BCUT2D eigenvalue weighted by Gasteiger charge is 2.47. The van der Waals surface area contributed by atoms with Crippen LogP contribution < -0.4 is 0 Å². The lowest BCUT2D eigenvalue weighted by Gasteiger charge is -2.51. The van der Waals surface area contributed by atoms with E-state index in [0.29, 0.717) is 18.1 Å². The number of quaternary nitrogens is 1. The molecule has 0 aromatic rings. The fourth-order valence-corrected chi connectivity index (χ4v) is 5.33. The molecule has 3 heterocycles. The number of ether oxygens (including phenoxy) is 1. The number of aliphatic hydroxyl groups is 1. The van der Waals surface area contributed by atoms with Gasteiger partial charge in [0.2, 0.25) is 0 Å². The van der Waals surface area contributed by atoms with Gasteiger partial charge < -0.3 is 14.3 Å². The molecule has 0 amide bonds. The zero-order valence-electron chi connectivity index (χ0n) is 11.4. The molecule has 0 radical (unpaired) electrons. The van der Waals surface area contributed by atoms with Crippen molar-refractivity contribution in [3.05, 3.63) is 0 Å². The van der Waals surface area contributed by atoms with E-state index in [1.54, 1.807) is 0 Å². The van der Waals surface area contributed by atoms with Crippen LogP contribution in [0.5, 0.6) is 0 Å². The third-order valence-corrected chi connectivity index (χ3v) is 6.91. The van der Waals surface area contributed by atoms with Gasteiger partial charge in [-0.3, -0.25) is 0 Å². The number of piperidine rings is 1. The summed E-state index contributed by atoms with van der Waals surface area (Å²) in [6.07, 6.45) is 3.21. The van der Waals surface area contributed by atoms with Gasteiger partial charge in [-0.25, -0.2) is 8.42 Å². The SMILES string of the molecule is O=S1(=O)CC[N+]2(CCC3(CC2)CC(O)CCO3)CC1. The van der Waals surface area contributed by atoms with Crippen molar-refractivity contribution in [2.75, 3.05) is 44.3 Å². The average molecular weight is 290 g/mol. The lowest BCUT2D eigenvalue weighted by Crippen LogP contribution is -2.63. The molecule has 1 N–H and O–H groups in total. The zero-order chi connectivity index (χ0) is 13.6. The molecular weight excluding hydrogens is 266 g/mol. The highest BCUT2D eigenvalue weighted by Crippen LogP contribution is 2.38. The van der Waals surface area contributed by atoms with Crippen molar-refractivity contribution in [1.29, 1.82) is 0 Å². The molecule has 0 bridgehead atoms. The van der Waals surface area contributed by atoms with Gasteiger partial charge in [0.05, 0.1) is 49.4 Å². The number of sulfone groups is 1. The molecule has 3 aliphatic heterocycles. The van der Waals surface area contributed by atoms with Crippen LogP contribution in [-0.4, -0.2) is 74.0 Å². The monoisotopic (exact) mass is 290 g/mol. The molecule has 6 heteroatoms. The normalized spacial score (nSPS) is 36.4. The second-order valence-electron chi connectivity index (χ2n) is 6.57. The van der Waals surface area contributed by atoms with Crippen molar-refractivity contribution in [3.8, 4) is 0 Å². The first kappa shape index (κ1) is 13.8. The van der Waals surface area contributed by atoms with Crippen molar-refractivity contribution < 1.29 is 22.7 Å². The Balaban J connectivity index is 1.63. The van der Waals surface area contributed by atoms with E-state index < -0.39 is 9.84 Å². The fraction of sp³-hybridized carbons (Fsp3) is 1.00. The molecular formula is C13H24NO4S+. The third kappa shape index (κ3) is 2.82. The minimum atomic E-state index is -2.79. The van der Waals surface area contributed by atoms with Crippen molar-refractivity contribution in [1.82, 2.24) is 0 Å². The molecule has 0 aliphatic carbocycles. The highest BCUT2D eigenvalue weighted by molar-refractivity contribution is 7.91. The van der Waals surface area contributed by atoms with E-state index in [-0.39, 0.29) is 11.7 Å². The Morgan fingerprint density at radius 2 is 1.74 bits per heavy atom. The van der Waals surface area contributed by atoms with E-state index in [4.69, 9.17) is 4.74 Å². The van der Waals surface area contributed by atoms with E-state index in [0.717, 1.165) is 56.3 Å². The van der Waals surface area contributed by atoms with Crippen molar-refractivity contribution in [2.24, 2.45) is 0 Å². The molecule has 0 aromatic carbocycles. The van der Waals surface area contributed by atoms with Gasteiger partial charge in [0.1, 0.15) is 0 Å². The van der Waals surface area contributed by atoms with Gasteiger partial charge in [0.25, 0.3) is 0 Å².